The van der Waals surface area contributed by atoms with E-state index in [1.807, 2.05) is 30.3 Å². The van der Waals surface area contributed by atoms with Crippen LogP contribution < -0.4 is 11.1 Å². The summed E-state index contributed by atoms with van der Waals surface area (Å²) in [6, 6.07) is 9.43. The fourth-order valence-corrected chi connectivity index (χ4v) is 1.91. The third-order valence-electron chi connectivity index (χ3n) is 2.44. The van der Waals surface area contributed by atoms with Crippen molar-refractivity contribution in [3.63, 3.8) is 0 Å². The predicted octanol–water partition coefficient (Wildman–Crippen LogP) is 0.224. The third kappa shape index (κ3) is 4.66. The Morgan fingerprint density at radius 3 is 2.59 bits per heavy atom. The highest BCUT2D eigenvalue weighted by Gasteiger charge is 2.17. The molecule has 2 atom stereocenters. The van der Waals surface area contributed by atoms with Gasteiger partial charge in [0.1, 0.15) is 0 Å². The molecular weight excluding hydrogens is 236 g/mol. The average molecular weight is 254 g/mol. The summed E-state index contributed by atoms with van der Waals surface area (Å²) in [5.41, 5.74) is 6.52. The van der Waals surface area contributed by atoms with E-state index in [0.717, 1.165) is 5.56 Å². The molecule has 0 fully saturated rings. The van der Waals surface area contributed by atoms with Crippen LogP contribution in [-0.2, 0) is 15.6 Å². The van der Waals surface area contributed by atoms with E-state index in [2.05, 4.69) is 5.32 Å². The van der Waals surface area contributed by atoms with Crippen molar-refractivity contribution in [1.82, 2.24) is 5.32 Å². The number of nitrogens with two attached hydrogens (primary N) is 1. The van der Waals surface area contributed by atoms with Crippen molar-refractivity contribution in [1.29, 1.82) is 0 Å². The van der Waals surface area contributed by atoms with Crippen LogP contribution >= 0.6 is 0 Å². The van der Waals surface area contributed by atoms with Crippen LogP contribution in [0.2, 0.25) is 0 Å². The Morgan fingerprint density at radius 2 is 2.06 bits per heavy atom. The maximum atomic E-state index is 11.9. The molecule has 2 unspecified atom stereocenters. The van der Waals surface area contributed by atoms with E-state index in [1.54, 1.807) is 6.26 Å². The molecule has 17 heavy (non-hydrogen) atoms. The van der Waals surface area contributed by atoms with Crippen LogP contribution in [0, 0.1) is 0 Å². The molecule has 0 aromatic heterocycles. The molecule has 1 rings (SSSR count). The van der Waals surface area contributed by atoms with Gasteiger partial charge in [-0.2, -0.15) is 0 Å². The van der Waals surface area contributed by atoms with Crippen LogP contribution in [-0.4, -0.2) is 35.2 Å². The van der Waals surface area contributed by atoms with Gasteiger partial charge in [0.25, 0.3) is 0 Å². The fraction of sp³-hybridized carbons (Fsp3) is 0.417. The molecule has 1 aromatic carbocycles. The molecule has 0 saturated carbocycles. The second-order valence-electron chi connectivity index (χ2n) is 3.77. The Balaban J connectivity index is 2.56. The molecule has 0 aliphatic rings. The van der Waals surface area contributed by atoms with E-state index in [4.69, 9.17) is 5.73 Å². The Labute approximate surface area is 104 Å². The Kier molecular flexibility index (Phi) is 5.86. The lowest BCUT2D eigenvalue weighted by Gasteiger charge is -2.14. The van der Waals surface area contributed by atoms with Gasteiger partial charge in [0.2, 0.25) is 5.91 Å². The number of hydrogen-bond donors (Lipinski definition) is 2. The summed E-state index contributed by atoms with van der Waals surface area (Å²) < 4.78 is 10.9. The smallest absolute Gasteiger partial charge is 0.228 e. The highest BCUT2D eigenvalue weighted by atomic mass is 32.2. The molecular formula is C12H18N2O2S. The Morgan fingerprint density at radius 1 is 1.41 bits per heavy atom. The molecule has 0 bridgehead atoms. The fourth-order valence-electron chi connectivity index (χ4n) is 1.52. The summed E-state index contributed by atoms with van der Waals surface area (Å²) in [6.45, 7) is 0.691. The number of carbonyl (C=O) groups excluding carboxylic acids is 1. The van der Waals surface area contributed by atoms with Crippen LogP contribution in [0.15, 0.2) is 30.3 Å². The summed E-state index contributed by atoms with van der Waals surface area (Å²) in [7, 11) is -0.888. The van der Waals surface area contributed by atoms with Crippen LogP contribution in [0.25, 0.3) is 0 Å². The summed E-state index contributed by atoms with van der Waals surface area (Å²) in [4.78, 5) is 11.9. The van der Waals surface area contributed by atoms with Gasteiger partial charge in [0.15, 0.2) is 0 Å². The lowest BCUT2D eigenvalue weighted by Crippen LogP contribution is -2.35. The predicted molar refractivity (Wildman–Crippen MR) is 70.2 cm³/mol. The largest absolute Gasteiger partial charge is 0.355 e. The highest BCUT2D eigenvalue weighted by molar-refractivity contribution is 7.84. The highest BCUT2D eigenvalue weighted by Crippen LogP contribution is 2.13. The molecule has 0 spiro atoms. The molecule has 0 saturated heterocycles. The van der Waals surface area contributed by atoms with Crippen molar-refractivity contribution in [2.75, 3.05) is 25.1 Å². The van der Waals surface area contributed by atoms with Gasteiger partial charge in [-0.25, -0.2) is 0 Å². The molecule has 0 aliphatic carbocycles. The molecule has 0 radical (unpaired) electrons. The maximum Gasteiger partial charge on any atom is 0.228 e. The molecule has 94 valence electrons. The van der Waals surface area contributed by atoms with Crippen molar-refractivity contribution in [3.05, 3.63) is 35.9 Å². The first-order valence-corrected chi connectivity index (χ1v) is 7.20. The zero-order valence-electron chi connectivity index (χ0n) is 9.89. The van der Waals surface area contributed by atoms with Gasteiger partial charge >= 0.3 is 0 Å². The topological polar surface area (TPSA) is 72.2 Å². The summed E-state index contributed by atoms with van der Waals surface area (Å²) in [6.07, 6.45) is 1.61. The van der Waals surface area contributed by atoms with E-state index < -0.39 is 10.8 Å². The molecule has 4 nitrogen and oxygen atoms in total. The Hall–Kier alpha value is -1.20. The van der Waals surface area contributed by atoms with E-state index in [-0.39, 0.29) is 18.4 Å². The number of carbonyl (C=O) groups is 1. The second kappa shape index (κ2) is 7.19. The average Bonchev–Trinajstić information content (AvgIpc) is 2.31. The molecule has 3 N–H and O–H groups in total. The number of benzene rings is 1. The van der Waals surface area contributed by atoms with Crippen molar-refractivity contribution >= 4 is 16.7 Å². The zero-order valence-corrected chi connectivity index (χ0v) is 10.7. The van der Waals surface area contributed by atoms with Crippen LogP contribution in [0.1, 0.15) is 11.5 Å². The standard InChI is InChI=1S/C12H18N2O2S/c1-17(16)8-7-14-12(15)11(9-13)10-5-3-2-4-6-10/h2-6,11H,7-9,13H2,1H3,(H,14,15). The SMILES string of the molecule is CS(=O)CCNC(=O)C(CN)c1ccccc1. The number of nitrogens with one attached hydrogen (secondary N) is 1. The minimum absolute atomic E-state index is 0.107. The van der Waals surface area contributed by atoms with Gasteiger partial charge in [0, 0.05) is 35.9 Å². The van der Waals surface area contributed by atoms with Gasteiger partial charge in [-0.3, -0.25) is 9.00 Å². The van der Waals surface area contributed by atoms with Crippen molar-refractivity contribution < 1.29 is 9.00 Å². The minimum Gasteiger partial charge on any atom is -0.355 e. The van der Waals surface area contributed by atoms with Crippen molar-refractivity contribution in [2.45, 2.75) is 5.92 Å². The first-order chi connectivity index (χ1) is 8.15. The van der Waals surface area contributed by atoms with E-state index >= 15 is 0 Å². The lowest BCUT2D eigenvalue weighted by atomic mass is 9.98. The van der Waals surface area contributed by atoms with Gasteiger partial charge in [-0.1, -0.05) is 30.3 Å². The number of amides is 1. The van der Waals surface area contributed by atoms with E-state index in [1.165, 1.54) is 0 Å². The minimum atomic E-state index is -0.888. The molecule has 0 heterocycles. The van der Waals surface area contributed by atoms with Crippen molar-refractivity contribution in [2.24, 2.45) is 5.73 Å². The zero-order chi connectivity index (χ0) is 12.7. The summed E-state index contributed by atoms with van der Waals surface area (Å²) in [5, 5.41) is 2.75. The monoisotopic (exact) mass is 254 g/mol. The summed E-state index contributed by atoms with van der Waals surface area (Å²) >= 11 is 0. The summed E-state index contributed by atoms with van der Waals surface area (Å²) in [5.74, 6) is 0.0308. The van der Waals surface area contributed by atoms with Crippen LogP contribution in [0.3, 0.4) is 0 Å². The van der Waals surface area contributed by atoms with Crippen LogP contribution in [0.4, 0.5) is 0 Å². The van der Waals surface area contributed by atoms with Crippen LogP contribution in [0.5, 0.6) is 0 Å². The van der Waals surface area contributed by atoms with Gasteiger partial charge in [-0.15, -0.1) is 0 Å². The van der Waals surface area contributed by atoms with E-state index in [9.17, 15) is 9.00 Å². The van der Waals surface area contributed by atoms with Gasteiger partial charge in [-0.05, 0) is 5.56 Å². The molecule has 1 aromatic rings. The quantitative estimate of drug-likeness (QED) is 0.763. The third-order valence-corrected chi connectivity index (χ3v) is 3.22. The van der Waals surface area contributed by atoms with Gasteiger partial charge < -0.3 is 11.1 Å². The lowest BCUT2D eigenvalue weighted by molar-refractivity contribution is -0.122. The molecule has 1 amide bonds. The molecule has 5 heteroatoms. The first-order valence-electron chi connectivity index (χ1n) is 5.48. The Bertz CT molecular complexity index is 381. The van der Waals surface area contributed by atoms with Gasteiger partial charge in [0.05, 0.1) is 5.92 Å². The van der Waals surface area contributed by atoms with E-state index in [0.29, 0.717) is 12.3 Å². The first kappa shape index (κ1) is 13.9. The van der Waals surface area contributed by atoms with Crippen molar-refractivity contribution in [3.8, 4) is 0 Å². The molecule has 0 aliphatic heterocycles. The number of rotatable bonds is 6. The second-order valence-corrected chi connectivity index (χ2v) is 5.32. The number of hydrogen-bond acceptors (Lipinski definition) is 3. The maximum absolute atomic E-state index is 11.9. The normalized spacial score (nSPS) is 14.0.